The van der Waals surface area contributed by atoms with Crippen molar-refractivity contribution < 1.29 is 26.5 Å². The molecule has 0 bridgehead atoms. The predicted molar refractivity (Wildman–Crippen MR) is 440 cm³/mol. The molecule has 4 nitrogen and oxygen atoms in total. The molecule has 0 spiro atoms. The molecule has 0 radical (unpaired) electrons. The van der Waals surface area contributed by atoms with Gasteiger partial charge in [0.05, 0.1) is 22.3 Å². The minimum absolute atomic E-state index is 0.0807. The highest BCUT2D eigenvalue weighted by atomic mass is 14.9. The van der Waals surface area contributed by atoms with Gasteiger partial charge in [-0.25, -0.2) is 18.3 Å². The average molecular weight is 1390 g/mol. The predicted octanol–water partition coefficient (Wildman–Crippen LogP) is 23.0. The van der Waals surface area contributed by atoms with E-state index in [1.807, 2.05) is 73.0 Å². The van der Waals surface area contributed by atoms with Gasteiger partial charge in [-0.2, -0.15) is 0 Å². The van der Waals surface area contributed by atoms with E-state index in [-0.39, 0.29) is 5.92 Å². The summed E-state index contributed by atoms with van der Waals surface area (Å²) < 4.78 is 60.6. The molecule has 4 heteroatoms. The van der Waals surface area contributed by atoms with Crippen molar-refractivity contribution in [1.29, 1.82) is 0 Å². The molecule has 532 valence electrons. The van der Waals surface area contributed by atoms with Gasteiger partial charge in [-0.3, -0.25) is 0 Å². The highest BCUT2D eigenvalue weighted by Gasteiger charge is 2.33. The quantitative estimate of drug-likeness (QED) is 0.128. The lowest BCUT2D eigenvalue weighted by atomic mass is 9.87. The zero-order valence-electron chi connectivity index (χ0n) is 72.0. The Labute approximate surface area is 637 Å². The van der Waals surface area contributed by atoms with E-state index >= 15 is 0 Å². The lowest BCUT2D eigenvalue weighted by Crippen LogP contribution is -2.31. The first-order valence-electron chi connectivity index (χ1n) is 41.3. The van der Waals surface area contributed by atoms with Crippen LogP contribution in [0, 0.1) is 66.7 Å². The molecule has 1 saturated carbocycles. The first kappa shape index (κ1) is 64.9. The average Bonchev–Trinajstić information content (AvgIpc) is 1.66. The fourth-order valence-corrected chi connectivity index (χ4v) is 17.3. The third-order valence-electron chi connectivity index (χ3n) is 22.5. The van der Waals surface area contributed by atoms with Gasteiger partial charge >= 0.3 is 0 Å². The molecule has 0 saturated heterocycles. The van der Waals surface area contributed by atoms with Crippen LogP contribution in [0.25, 0.3) is 89.5 Å². The molecule has 4 heterocycles. The number of nitrogens with zero attached hydrogens (tertiary/aromatic N) is 4. The molecule has 0 aliphatic heterocycles. The highest BCUT2D eigenvalue weighted by Crippen LogP contribution is 2.48. The van der Waals surface area contributed by atoms with Gasteiger partial charge in [0.25, 0.3) is 0 Å². The van der Waals surface area contributed by atoms with Crippen molar-refractivity contribution in [3.05, 3.63) is 306 Å². The molecule has 0 N–H and O–H groups in total. The molecular formula is C101H112N4+4. The van der Waals surface area contributed by atoms with E-state index in [2.05, 4.69) is 272 Å². The Hall–Kier alpha value is -9.64. The zero-order chi connectivity index (χ0) is 79.5. The van der Waals surface area contributed by atoms with Gasteiger partial charge in [0, 0.05) is 56.8 Å². The summed E-state index contributed by atoms with van der Waals surface area (Å²) in [7, 11) is 8.34. The van der Waals surface area contributed by atoms with Crippen LogP contribution in [0.2, 0.25) is 0 Å². The minimum atomic E-state index is -1.41. The van der Waals surface area contributed by atoms with Crippen LogP contribution in [-0.4, -0.2) is 0 Å². The van der Waals surface area contributed by atoms with Crippen molar-refractivity contribution in [2.24, 2.45) is 39.5 Å². The largest absolute Gasteiger partial charge is 0.213 e. The summed E-state index contributed by atoms with van der Waals surface area (Å²) in [5.41, 5.74) is 45.3. The maximum absolute atomic E-state index is 8.98. The molecule has 0 amide bonds. The fourth-order valence-electron chi connectivity index (χ4n) is 17.3. The number of hydrogen-bond donors (Lipinski definition) is 0. The van der Waals surface area contributed by atoms with Crippen LogP contribution in [0.1, 0.15) is 205 Å². The molecule has 5 aliphatic rings. The fraction of sp³-hybridized carbons (Fsp3) is 0.327. The van der Waals surface area contributed by atoms with Gasteiger partial charge in [0.1, 0.15) is 28.2 Å². The van der Waals surface area contributed by atoms with E-state index in [4.69, 9.17) is 8.22 Å². The van der Waals surface area contributed by atoms with E-state index in [0.29, 0.717) is 0 Å². The Morgan fingerprint density at radius 2 is 0.695 bits per heavy atom. The number of fused-ring (bicyclic) bond motifs is 12. The molecule has 12 aromatic rings. The van der Waals surface area contributed by atoms with Crippen molar-refractivity contribution in [3.63, 3.8) is 0 Å². The monoisotopic (exact) mass is 1390 g/mol. The first-order valence-corrected chi connectivity index (χ1v) is 38.3. The summed E-state index contributed by atoms with van der Waals surface area (Å²) in [6, 6.07) is 61.7. The first-order chi connectivity index (χ1) is 52.4. The molecular weight excluding hydrogens is 1270 g/mol. The van der Waals surface area contributed by atoms with Crippen LogP contribution in [0.3, 0.4) is 0 Å². The van der Waals surface area contributed by atoms with Gasteiger partial charge in [-0.15, -0.1) is 0 Å². The van der Waals surface area contributed by atoms with Crippen molar-refractivity contribution >= 4 is 0 Å². The van der Waals surface area contributed by atoms with Crippen molar-refractivity contribution in [2.75, 3.05) is 0 Å². The molecule has 0 unspecified atom stereocenters. The van der Waals surface area contributed by atoms with E-state index in [0.717, 1.165) is 66.6 Å². The lowest BCUT2D eigenvalue weighted by Gasteiger charge is -2.18. The van der Waals surface area contributed by atoms with Crippen LogP contribution in [0.4, 0.5) is 0 Å². The second-order valence-corrected chi connectivity index (χ2v) is 32.6. The maximum atomic E-state index is 8.98. The summed E-state index contributed by atoms with van der Waals surface area (Å²) in [5.74, 6) is -1.09. The third-order valence-corrected chi connectivity index (χ3v) is 22.5. The van der Waals surface area contributed by atoms with Gasteiger partial charge in [-0.05, 0) is 263 Å². The second kappa shape index (κ2) is 29.4. The van der Waals surface area contributed by atoms with Crippen LogP contribution >= 0.6 is 0 Å². The lowest BCUT2D eigenvalue weighted by molar-refractivity contribution is -0.660. The van der Waals surface area contributed by atoms with E-state index in [1.165, 1.54) is 186 Å². The molecule has 17 rings (SSSR count). The number of hydrogen-bond acceptors (Lipinski definition) is 0. The zero-order valence-corrected chi connectivity index (χ0v) is 66.0. The number of aryl methyl sites for hydroxylation is 12. The normalized spacial score (nSPS) is 14.9. The van der Waals surface area contributed by atoms with Crippen LogP contribution in [0.15, 0.2) is 195 Å². The summed E-state index contributed by atoms with van der Waals surface area (Å²) in [6.45, 7) is 31.0. The standard InChI is InChI=1S/C26H28N.C26H30N.C25H28N.C24H26N/c1-17-8-10-22-21(14-17)15-24-23(22)11-9-18(2)26(24)25-16-20(12-13-27(25)3)19-6-4-5-7-19;1-17-7-9-21-20(13-17)15-23-22(21)10-8-18(2)25(23)24-14-19(11-12-27(24)6)16-26(3,4)5;1-16(2)12-19-10-11-26(5)24(14-19)25-18(4)7-9-22-21-8-6-17(3)13-20(21)15-23(22)25;1-15(2)18-10-11-25(5)23(14-18)24-17(4)7-9-21-20-8-6-16(3)12-19(20)13-22(21)24/h8-14,16,19H,4-7,15H2,1-3H3;7-14H,15-16H2,1-6H3;6-11,13-14,16H,12,15H2,1-5H3;6-12,14-15H,13H2,1-5H3/q4*+1/i19D;16D2;12D2;15D. The summed E-state index contributed by atoms with van der Waals surface area (Å²) in [4.78, 5) is 0. The molecule has 105 heavy (non-hydrogen) atoms. The molecule has 0 atom stereocenters. The molecule has 4 aromatic heterocycles. The van der Waals surface area contributed by atoms with E-state index < -0.39 is 29.9 Å². The van der Waals surface area contributed by atoms with Gasteiger partial charge in [-0.1, -0.05) is 205 Å². The van der Waals surface area contributed by atoms with Crippen molar-refractivity contribution in [3.8, 4) is 89.5 Å². The van der Waals surface area contributed by atoms with Crippen molar-refractivity contribution in [1.82, 2.24) is 0 Å². The smallest absolute Gasteiger partial charge is 0.201 e. The Bertz CT molecular complexity index is 5560. The molecule has 5 aliphatic carbocycles. The Morgan fingerprint density at radius 1 is 0.381 bits per heavy atom. The number of pyridine rings is 4. The van der Waals surface area contributed by atoms with Crippen LogP contribution in [0.5, 0.6) is 0 Å². The molecule has 8 aromatic carbocycles. The van der Waals surface area contributed by atoms with Crippen LogP contribution < -0.4 is 18.3 Å². The second-order valence-electron chi connectivity index (χ2n) is 32.6. The van der Waals surface area contributed by atoms with E-state index in [1.54, 1.807) is 0 Å². The maximum Gasteiger partial charge on any atom is 0.213 e. The Balaban J connectivity index is 0.000000123. The minimum Gasteiger partial charge on any atom is -0.201 e. The van der Waals surface area contributed by atoms with Gasteiger partial charge in [0.2, 0.25) is 22.8 Å². The van der Waals surface area contributed by atoms with Crippen LogP contribution in [-0.2, 0) is 66.6 Å². The number of rotatable bonds is 9. The molecule has 1 fully saturated rings. The summed E-state index contributed by atoms with van der Waals surface area (Å²) >= 11 is 0. The van der Waals surface area contributed by atoms with E-state index in [9.17, 15) is 0 Å². The van der Waals surface area contributed by atoms with Gasteiger partial charge < -0.3 is 0 Å². The summed E-state index contributed by atoms with van der Waals surface area (Å²) in [5, 5.41) is 0. The number of aromatic nitrogens is 4. The van der Waals surface area contributed by atoms with Crippen molar-refractivity contribution in [2.45, 2.75) is 180 Å². The van der Waals surface area contributed by atoms with Gasteiger partial charge in [0.15, 0.2) is 24.8 Å². The topological polar surface area (TPSA) is 15.5 Å². The third kappa shape index (κ3) is 14.7. The number of benzene rings is 8. The highest BCUT2D eigenvalue weighted by molar-refractivity contribution is 5.89. The Morgan fingerprint density at radius 3 is 1.05 bits per heavy atom. The summed E-state index contributed by atoms with van der Waals surface area (Å²) in [6.07, 6.45) is 13.6. The SMILES string of the molecule is [2H]C(C)(C)c1cc[n+](C)c(-c2c(C)ccc3c2Cc2cc(C)ccc2-3)c1.[2H]C([2H])(c1cc[n+](C)c(-c2c(C)ccc3c2Cc2cc(C)ccc2-3)c1)C(C)(C)C.[2H]C([2H])(c1cc[n+](C)c(-c2c(C)ccc3c2Cc2cc(C)ccc2-3)c1)C(C)C.[2H]C1(c2cc[n+](C)c(-c3c(C)ccc4c3Cc3cc(C)ccc3-4)c2)CCCC1. The Kier molecular flexibility index (Phi) is 18.2.